The largest absolute Gasteiger partial charge is 0.0795 e. The molecule has 28 heavy (non-hydrogen) atoms. The van der Waals surface area contributed by atoms with Crippen molar-refractivity contribution in [2.45, 2.75) is 93.9 Å². The number of hydrogen-bond donors (Lipinski definition) is 0. The van der Waals surface area contributed by atoms with Crippen molar-refractivity contribution in [3.8, 4) is 0 Å². The van der Waals surface area contributed by atoms with Gasteiger partial charge in [-0.25, -0.2) is 0 Å². The van der Waals surface area contributed by atoms with Crippen molar-refractivity contribution < 1.29 is 0 Å². The van der Waals surface area contributed by atoms with Crippen LogP contribution in [0.1, 0.15) is 96.9 Å². The molecule has 0 N–H and O–H groups in total. The fourth-order valence-electron chi connectivity index (χ4n) is 2.71. The molecule has 2 aliphatic carbocycles. The van der Waals surface area contributed by atoms with Crippen molar-refractivity contribution in [1.29, 1.82) is 0 Å². The van der Waals surface area contributed by atoms with Crippen molar-refractivity contribution in [3.05, 3.63) is 76.9 Å². The number of hydrogen-bond acceptors (Lipinski definition) is 0. The van der Waals surface area contributed by atoms with Crippen LogP contribution in [0.15, 0.2) is 54.6 Å². The Morgan fingerprint density at radius 1 is 0.607 bits per heavy atom. The predicted octanol–water partition coefficient (Wildman–Crippen LogP) is 9.32. The molecular formula is C28H46. The van der Waals surface area contributed by atoms with E-state index in [9.17, 15) is 0 Å². The van der Waals surface area contributed by atoms with Gasteiger partial charge in [0.05, 0.1) is 0 Å². The highest BCUT2D eigenvalue weighted by Crippen LogP contribution is 2.20. The summed E-state index contributed by atoms with van der Waals surface area (Å²) in [6.07, 6.45) is 12.0. The molecule has 0 aliphatic heterocycles. The number of benzene rings is 2. The number of fused-ring (bicyclic) bond motifs is 2. The van der Waals surface area contributed by atoms with Crippen molar-refractivity contribution >= 4 is 6.08 Å². The number of allylic oxidation sites excluding steroid dienone is 1. The highest BCUT2D eigenvalue weighted by atomic mass is 14.1. The Morgan fingerprint density at radius 3 is 1.43 bits per heavy atom. The SMILES string of the molecule is C1=Cc2ccccc2C1.CC.CC.CCC.CCC.c1ccc2c(c1)CCC2. The summed E-state index contributed by atoms with van der Waals surface area (Å²) in [4.78, 5) is 0. The van der Waals surface area contributed by atoms with E-state index >= 15 is 0 Å². The molecule has 2 aromatic rings. The normalized spacial score (nSPS) is 11.1. The second-order valence-electron chi connectivity index (χ2n) is 6.34. The number of rotatable bonds is 0. The smallest absolute Gasteiger partial charge is 0.00882 e. The van der Waals surface area contributed by atoms with Crippen LogP contribution in [0.2, 0.25) is 0 Å². The van der Waals surface area contributed by atoms with E-state index in [1.54, 1.807) is 11.1 Å². The zero-order chi connectivity index (χ0) is 21.6. The topological polar surface area (TPSA) is 0 Å². The first-order valence-electron chi connectivity index (χ1n) is 11.6. The van der Waals surface area contributed by atoms with Gasteiger partial charge in [0.25, 0.3) is 0 Å². The van der Waals surface area contributed by atoms with E-state index in [1.807, 2.05) is 27.7 Å². The van der Waals surface area contributed by atoms with Crippen LogP contribution >= 0.6 is 0 Å². The lowest BCUT2D eigenvalue weighted by molar-refractivity contribution is 0.912. The third-order valence-electron chi connectivity index (χ3n) is 3.70. The Kier molecular flexibility index (Phi) is 21.8. The molecular weight excluding hydrogens is 336 g/mol. The minimum atomic E-state index is 1.12. The summed E-state index contributed by atoms with van der Waals surface area (Å²) >= 11 is 0. The minimum Gasteiger partial charge on any atom is -0.0795 e. The fraction of sp³-hybridized carbons (Fsp3) is 0.500. The molecule has 0 saturated carbocycles. The Balaban J connectivity index is 0. The number of aryl methyl sites for hydroxylation is 2. The predicted molar refractivity (Wildman–Crippen MR) is 132 cm³/mol. The Labute approximate surface area is 177 Å². The van der Waals surface area contributed by atoms with Crippen molar-refractivity contribution in [3.63, 3.8) is 0 Å². The molecule has 0 spiro atoms. The molecule has 0 saturated heterocycles. The molecule has 0 heterocycles. The van der Waals surface area contributed by atoms with Crippen LogP contribution in [0.5, 0.6) is 0 Å². The zero-order valence-corrected chi connectivity index (χ0v) is 20.0. The summed E-state index contributed by atoms with van der Waals surface area (Å²) in [5.74, 6) is 0. The summed E-state index contributed by atoms with van der Waals surface area (Å²) in [7, 11) is 0. The van der Waals surface area contributed by atoms with Crippen LogP contribution in [-0.4, -0.2) is 0 Å². The maximum Gasteiger partial charge on any atom is -0.00882 e. The molecule has 0 fully saturated rings. The van der Waals surface area contributed by atoms with Crippen molar-refractivity contribution in [2.75, 3.05) is 0 Å². The van der Waals surface area contributed by atoms with Gasteiger partial charge in [-0.2, -0.15) is 0 Å². The lowest BCUT2D eigenvalue weighted by Crippen LogP contribution is -1.77. The third-order valence-corrected chi connectivity index (χ3v) is 3.70. The van der Waals surface area contributed by atoms with E-state index in [2.05, 4.69) is 88.4 Å². The van der Waals surface area contributed by atoms with E-state index in [1.165, 1.54) is 43.2 Å². The highest BCUT2D eigenvalue weighted by Gasteiger charge is 2.07. The summed E-state index contributed by atoms with van der Waals surface area (Å²) in [5.41, 5.74) is 5.98. The van der Waals surface area contributed by atoms with E-state index < -0.39 is 0 Å². The molecule has 2 aliphatic rings. The van der Waals surface area contributed by atoms with Crippen molar-refractivity contribution in [1.82, 2.24) is 0 Å². The molecule has 158 valence electrons. The van der Waals surface area contributed by atoms with Crippen LogP contribution in [0, 0.1) is 0 Å². The molecule has 4 rings (SSSR count). The van der Waals surface area contributed by atoms with Gasteiger partial charge in [-0.15, -0.1) is 0 Å². The second kappa shape index (κ2) is 21.5. The quantitative estimate of drug-likeness (QED) is 0.425. The molecule has 0 atom stereocenters. The summed E-state index contributed by atoms with van der Waals surface area (Å²) < 4.78 is 0. The van der Waals surface area contributed by atoms with Gasteiger partial charge < -0.3 is 0 Å². The van der Waals surface area contributed by atoms with Crippen LogP contribution in [-0.2, 0) is 19.3 Å². The molecule has 0 amide bonds. The average molecular weight is 383 g/mol. The zero-order valence-electron chi connectivity index (χ0n) is 20.0. The van der Waals surface area contributed by atoms with Gasteiger partial charge in [0, 0.05) is 0 Å². The maximum atomic E-state index is 2.24. The molecule has 0 unspecified atom stereocenters. The minimum absolute atomic E-state index is 1.12. The van der Waals surface area contributed by atoms with E-state index in [0.29, 0.717) is 0 Å². The van der Waals surface area contributed by atoms with Gasteiger partial charge in [-0.3, -0.25) is 0 Å². The monoisotopic (exact) mass is 382 g/mol. The summed E-state index contributed by atoms with van der Waals surface area (Å²) in [5, 5.41) is 0. The molecule has 0 aromatic heterocycles. The third kappa shape index (κ3) is 12.5. The first-order valence-corrected chi connectivity index (χ1v) is 11.6. The average Bonchev–Trinajstić information content (AvgIpc) is 3.42. The van der Waals surface area contributed by atoms with Gasteiger partial charge in [0.2, 0.25) is 0 Å². The second-order valence-corrected chi connectivity index (χ2v) is 6.34. The Morgan fingerprint density at radius 2 is 1.00 bits per heavy atom. The summed E-state index contributed by atoms with van der Waals surface area (Å²) in [6, 6.07) is 17.2. The molecule has 0 heteroatoms. The van der Waals surface area contributed by atoms with Gasteiger partial charge in [0.1, 0.15) is 0 Å². The van der Waals surface area contributed by atoms with Crippen molar-refractivity contribution in [2.24, 2.45) is 0 Å². The standard InChI is InChI=1S/C9H10.C9H8.2C3H8.2C2H6/c2*1-2-5-9-7-3-6-8(9)4-1;2*1-3-2;2*1-2/h1-2,4-5H,3,6-7H2;1-6H,7H2;2*3H2,1-2H3;2*1-2H3. The molecule has 0 nitrogen and oxygen atoms in total. The molecule has 2 aromatic carbocycles. The van der Waals surface area contributed by atoms with E-state index in [-0.39, 0.29) is 0 Å². The summed E-state index contributed by atoms with van der Waals surface area (Å²) in [6.45, 7) is 16.5. The Bertz CT molecular complexity index is 559. The first-order chi connectivity index (χ1) is 13.8. The van der Waals surface area contributed by atoms with Gasteiger partial charge in [0.15, 0.2) is 0 Å². The van der Waals surface area contributed by atoms with Crippen LogP contribution in [0.25, 0.3) is 6.08 Å². The van der Waals surface area contributed by atoms with Gasteiger partial charge >= 0.3 is 0 Å². The fourth-order valence-corrected chi connectivity index (χ4v) is 2.71. The Hall–Kier alpha value is -1.82. The van der Waals surface area contributed by atoms with Gasteiger partial charge in [-0.1, -0.05) is 129 Å². The van der Waals surface area contributed by atoms with Crippen LogP contribution < -0.4 is 0 Å². The van der Waals surface area contributed by atoms with E-state index in [4.69, 9.17) is 0 Å². The van der Waals surface area contributed by atoms with Gasteiger partial charge in [-0.05, 0) is 47.9 Å². The molecule has 0 radical (unpaired) electrons. The maximum absolute atomic E-state index is 2.24. The van der Waals surface area contributed by atoms with E-state index in [0.717, 1.165) is 6.42 Å². The lowest BCUT2D eigenvalue weighted by Gasteiger charge is -1.93. The lowest BCUT2D eigenvalue weighted by atomic mass is 10.1. The molecule has 0 bridgehead atoms. The van der Waals surface area contributed by atoms with Crippen LogP contribution in [0.4, 0.5) is 0 Å². The highest BCUT2D eigenvalue weighted by molar-refractivity contribution is 5.59. The van der Waals surface area contributed by atoms with Crippen LogP contribution in [0.3, 0.4) is 0 Å². The first kappa shape index (κ1) is 28.4.